The van der Waals surface area contributed by atoms with Crippen molar-refractivity contribution in [3.63, 3.8) is 0 Å². The van der Waals surface area contributed by atoms with Gasteiger partial charge in [0, 0.05) is 11.2 Å². The van der Waals surface area contributed by atoms with Crippen LogP contribution < -0.4 is 19.8 Å². The first-order valence-corrected chi connectivity index (χ1v) is 13.3. The van der Waals surface area contributed by atoms with Crippen molar-refractivity contribution >= 4 is 34.3 Å². The lowest BCUT2D eigenvalue weighted by atomic mass is 9.98. The molecule has 0 saturated heterocycles. The summed E-state index contributed by atoms with van der Waals surface area (Å²) in [7, 11) is 0. The number of carbonyl (C=O) groups excluding carboxylic acids is 1. The van der Waals surface area contributed by atoms with Gasteiger partial charge in [0.2, 0.25) is 5.76 Å². The summed E-state index contributed by atoms with van der Waals surface area (Å²) in [5.74, 6) is 0.983. The van der Waals surface area contributed by atoms with Crippen LogP contribution in [-0.2, 0) is 6.61 Å². The summed E-state index contributed by atoms with van der Waals surface area (Å²) in [5, 5.41) is 0.701. The molecule has 40 heavy (non-hydrogen) atoms. The number of halogens is 1. The van der Waals surface area contributed by atoms with Crippen LogP contribution in [0.15, 0.2) is 94.3 Å². The molecule has 1 amide bonds. The maximum atomic E-state index is 13.9. The van der Waals surface area contributed by atoms with Crippen LogP contribution >= 0.6 is 11.6 Å². The summed E-state index contributed by atoms with van der Waals surface area (Å²) in [6, 6.07) is 22.9. The number of carbonyl (C=O) groups is 1. The second-order valence-electron chi connectivity index (χ2n) is 9.50. The minimum Gasteiger partial charge on any atom is -0.490 e. The van der Waals surface area contributed by atoms with Gasteiger partial charge in [-0.3, -0.25) is 14.5 Å². The molecule has 3 aromatic carbocycles. The first-order chi connectivity index (χ1) is 19.4. The Labute approximate surface area is 235 Å². The van der Waals surface area contributed by atoms with Gasteiger partial charge in [-0.2, -0.15) is 0 Å². The summed E-state index contributed by atoms with van der Waals surface area (Å²) in [6.07, 6.45) is 1.68. The van der Waals surface area contributed by atoms with Gasteiger partial charge in [-0.15, -0.1) is 0 Å². The third-order valence-electron chi connectivity index (χ3n) is 6.80. The minimum atomic E-state index is -0.806. The molecule has 1 atom stereocenters. The maximum absolute atomic E-state index is 13.9. The van der Waals surface area contributed by atoms with E-state index in [4.69, 9.17) is 25.5 Å². The smallest absolute Gasteiger partial charge is 0.296 e. The van der Waals surface area contributed by atoms with Crippen molar-refractivity contribution in [2.24, 2.45) is 0 Å². The molecule has 8 heteroatoms. The second-order valence-corrected chi connectivity index (χ2v) is 9.94. The predicted octanol–water partition coefficient (Wildman–Crippen LogP) is 6.88. The zero-order valence-corrected chi connectivity index (χ0v) is 22.6. The second kappa shape index (κ2) is 10.5. The number of aromatic nitrogens is 1. The number of aryl methyl sites for hydroxylation is 1. The van der Waals surface area contributed by atoms with Gasteiger partial charge < -0.3 is 13.9 Å². The van der Waals surface area contributed by atoms with E-state index in [2.05, 4.69) is 4.98 Å². The number of fused-ring (bicyclic) bond motifs is 2. The molecule has 0 N–H and O–H groups in total. The van der Waals surface area contributed by atoms with Gasteiger partial charge in [-0.25, -0.2) is 4.98 Å². The molecule has 6 rings (SSSR count). The Morgan fingerprint density at radius 3 is 2.52 bits per heavy atom. The summed E-state index contributed by atoms with van der Waals surface area (Å²) >= 11 is 6.21. The van der Waals surface area contributed by atoms with E-state index < -0.39 is 11.9 Å². The number of anilines is 1. The monoisotopic (exact) mass is 552 g/mol. The van der Waals surface area contributed by atoms with Crippen LogP contribution in [0.2, 0.25) is 5.02 Å². The van der Waals surface area contributed by atoms with Crippen LogP contribution in [0.25, 0.3) is 11.0 Å². The molecule has 7 nitrogen and oxygen atoms in total. The zero-order valence-electron chi connectivity index (χ0n) is 21.9. The fraction of sp³-hybridized carbons (Fsp3) is 0.156. The molecule has 0 radical (unpaired) electrons. The molecule has 2 aromatic heterocycles. The molecular formula is C32H25ClN2O5. The van der Waals surface area contributed by atoms with Gasteiger partial charge in [-0.1, -0.05) is 54.1 Å². The van der Waals surface area contributed by atoms with E-state index in [1.807, 2.05) is 56.3 Å². The Morgan fingerprint density at radius 1 is 0.950 bits per heavy atom. The van der Waals surface area contributed by atoms with E-state index in [-0.39, 0.29) is 16.8 Å². The van der Waals surface area contributed by atoms with Crippen LogP contribution in [0, 0.1) is 6.92 Å². The Balaban J connectivity index is 1.50. The van der Waals surface area contributed by atoms with E-state index in [1.54, 1.807) is 42.6 Å². The molecule has 0 saturated carbocycles. The number of rotatable bonds is 7. The molecule has 0 fully saturated rings. The van der Waals surface area contributed by atoms with E-state index in [1.165, 1.54) is 4.90 Å². The maximum Gasteiger partial charge on any atom is 0.296 e. The van der Waals surface area contributed by atoms with Gasteiger partial charge in [-0.05, 0) is 66.9 Å². The molecule has 5 aromatic rings. The Morgan fingerprint density at radius 2 is 1.77 bits per heavy atom. The van der Waals surface area contributed by atoms with Crippen LogP contribution in [0.5, 0.6) is 11.5 Å². The van der Waals surface area contributed by atoms with Crippen LogP contribution in [0.4, 0.5) is 5.82 Å². The standard InChI is InChI=1S/C32H25ClN2O5/c1-3-38-26-15-21(10-12-25(26)39-18-20-7-5-4-6-8-20)29-28-30(36)23-16-22(33)11-13-24(23)40-31(28)32(37)35(29)27-14-9-19(2)17-34-27/h4-17,29H,3,18H2,1-2H3. The van der Waals surface area contributed by atoms with Gasteiger partial charge in [0.1, 0.15) is 18.0 Å². The molecule has 1 unspecified atom stereocenters. The fourth-order valence-electron chi connectivity index (χ4n) is 4.92. The van der Waals surface area contributed by atoms with E-state index in [9.17, 15) is 9.59 Å². The number of benzene rings is 3. The highest BCUT2D eigenvalue weighted by atomic mass is 35.5. The Bertz CT molecular complexity index is 1780. The van der Waals surface area contributed by atoms with Crippen molar-refractivity contribution < 1.29 is 18.7 Å². The van der Waals surface area contributed by atoms with Crippen molar-refractivity contribution in [2.45, 2.75) is 26.5 Å². The summed E-state index contributed by atoms with van der Waals surface area (Å²) in [4.78, 5) is 33.7. The highest BCUT2D eigenvalue weighted by Gasteiger charge is 2.44. The molecule has 0 bridgehead atoms. The number of amides is 1. The van der Waals surface area contributed by atoms with Crippen molar-refractivity contribution in [3.05, 3.63) is 128 Å². The van der Waals surface area contributed by atoms with Gasteiger partial charge in [0.25, 0.3) is 5.91 Å². The predicted molar refractivity (Wildman–Crippen MR) is 154 cm³/mol. The molecule has 0 aliphatic carbocycles. The quantitative estimate of drug-likeness (QED) is 0.219. The van der Waals surface area contributed by atoms with E-state index >= 15 is 0 Å². The van der Waals surface area contributed by atoms with E-state index in [0.29, 0.717) is 52.1 Å². The zero-order chi connectivity index (χ0) is 27.8. The number of ether oxygens (including phenoxy) is 2. The van der Waals surface area contributed by atoms with Crippen LogP contribution in [-0.4, -0.2) is 17.5 Å². The average molecular weight is 553 g/mol. The fourth-order valence-corrected chi connectivity index (χ4v) is 5.09. The normalized spacial score (nSPS) is 14.4. The van der Waals surface area contributed by atoms with Gasteiger partial charge in [0.15, 0.2) is 16.9 Å². The first kappa shape index (κ1) is 25.6. The number of nitrogens with zero attached hydrogens (tertiary/aromatic N) is 2. The molecule has 3 heterocycles. The molecule has 200 valence electrons. The SMILES string of the molecule is CCOc1cc(C2c3c(oc4ccc(Cl)cc4c3=O)C(=O)N2c2ccc(C)cn2)ccc1OCc1ccccc1. The van der Waals surface area contributed by atoms with Gasteiger partial charge >= 0.3 is 0 Å². The summed E-state index contributed by atoms with van der Waals surface area (Å²) in [6.45, 7) is 4.56. The average Bonchev–Trinajstić information content (AvgIpc) is 3.26. The molecule has 1 aliphatic rings. The lowest BCUT2D eigenvalue weighted by Crippen LogP contribution is -2.30. The molecule has 1 aliphatic heterocycles. The van der Waals surface area contributed by atoms with Crippen molar-refractivity contribution in [1.82, 2.24) is 4.98 Å². The lowest BCUT2D eigenvalue weighted by Gasteiger charge is -2.25. The summed E-state index contributed by atoms with van der Waals surface area (Å²) in [5.41, 5.74) is 2.80. The third-order valence-corrected chi connectivity index (χ3v) is 7.03. The highest BCUT2D eigenvalue weighted by Crippen LogP contribution is 2.43. The molecule has 0 spiro atoms. The van der Waals surface area contributed by atoms with Crippen molar-refractivity contribution in [3.8, 4) is 11.5 Å². The largest absolute Gasteiger partial charge is 0.490 e. The van der Waals surface area contributed by atoms with Crippen molar-refractivity contribution in [1.29, 1.82) is 0 Å². The third kappa shape index (κ3) is 4.58. The number of pyridine rings is 1. The Hall–Kier alpha value is -4.62. The topological polar surface area (TPSA) is 81.9 Å². The minimum absolute atomic E-state index is 0.0189. The summed E-state index contributed by atoms with van der Waals surface area (Å²) < 4.78 is 18.1. The number of hydrogen-bond donors (Lipinski definition) is 0. The highest BCUT2D eigenvalue weighted by molar-refractivity contribution is 6.31. The molecular weight excluding hydrogens is 528 g/mol. The van der Waals surface area contributed by atoms with Crippen LogP contribution in [0.1, 0.15) is 45.8 Å². The van der Waals surface area contributed by atoms with Gasteiger partial charge in [0.05, 0.1) is 23.6 Å². The Kier molecular flexibility index (Phi) is 6.74. The lowest BCUT2D eigenvalue weighted by molar-refractivity contribution is 0.0970. The van der Waals surface area contributed by atoms with Crippen LogP contribution in [0.3, 0.4) is 0 Å². The number of hydrogen-bond acceptors (Lipinski definition) is 6. The first-order valence-electron chi connectivity index (χ1n) is 12.9. The van der Waals surface area contributed by atoms with Crippen molar-refractivity contribution in [2.75, 3.05) is 11.5 Å². The van der Waals surface area contributed by atoms with E-state index in [0.717, 1.165) is 11.1 Å².